The Kier molecular flexibility index (Phi) is 31.1. The van der Waals surface area contributed by atoms with Gasteiger partial charge in [0.05, 0.1) is 10.0 Å². The van der Waals surface area contributed by atoms with Gasteiger partial charge in [-0.1, -0.05) is 130 Å². The minimum atomic E-state index is -0.736. The van der Waals surface area contributed by atoms with Crippen LogP contribution in [0.4, 0.5) is 35.1 Å². The van der Waals surface area contributed by atoms with Crippen molar-refractivity contribution in [2.75, 3.05) is 0 Å². The van der Waals surface area contributed by atoms with Crippen LogP contribution in [0.1, 0.15) is 89.0 Å². The van der Waals surface area contributed by atoms with Crippen molar-refractivity contribution < 1.29 is 35.1 Å². The number of rotatable bonds is 0. The van der Waals surface area contributed by atoms with Crippen LogP contribution in [0.15, 0.2) is 109 Å². The summed E-state index contributed by atoms with van der Waals surface area (Å²) in [5.41, 5.74) is 11.6. The molecule has 14 heteroatoms. The molecule has 0 saturated carbocycles. The highest BCUT2D eigenvalue weighted by Gasteiger charge is 2.08. The van der Waals surface area contributed by atoms with Crippen LogP contribution in [0.5, 0.6) is 0 Å². The van der Waals surface area contributed by atoms with Crippen molar-refractivity contribution in [3.63, 3.8) is 0 Å². The molecule has 8 aromatic rings. The van der Waals surface area contributed by atoms with Crippen LogP contribution < -0.4 is 0 Å². The molecule has 0 nitrogen and oxygen atoms in total. The second kappa shape index (κ2) is 34.2. The van der Waals surface area contributed by atoms with E-state index in [1.165, 1.54) is 50.6 Å². The van der Waals surface area contributed by atoms with Gasteiger partial charge >= 0.3 is 0 Å². The fourth-order valence-electron chi connectivity index (χ4n) is 5.94. The molecule has 8 rings (SSSR count). The molecule has 0 fully saturated rings. The normalized spacial score (nSPS) is 9.92. The molecule has 0 aliphatic carbocycles. The Hall–Kier alpha value is -5.06. The Morgan fingerprint density at radius 1 is 0.218 bits per heavy atom. The lowest BCUT2D eigenvalue weighted by atomic mass is 10.1. The molecular formula is C64H66Cl6F8. The zero-order valence-corrected chi connectivity index (χ0v) is 51.2. The summed E-state index contributed by atoms with van der Waals surface area (Å²) in [5, 5.41) is 3.31. The van der Waals surface area contributed by atoms with Crippen LogP contribution in [0.25, 0.3) is 0 Å². The zero-order chi connectivity index (χ0) is 60.0. The van der Waals surface area contributed by atoms with E-state index in [9.17, 15) is 35.1 Å². The Morgan fingerprint density at radius 3 is 0.795 bits per heavy atom. The van der Waals surface area contributed by atoms with Gasteiger partial charge in [-0.05, 0) is 237 Å². The summed E-state index contributed by atoms with van der Waals surface area (Å²) in [6, 6.07) is 31.1. The Bertz CT molecular complexity index is 2800. The highest BCUT2D eigenvalue weighted by Crippen LogP contribution is 2.26. The second-order valence-corrected chi connectivity index (χ2v) is 20.9. The summed E-state index contributed by atoms with van der Waals surface area (Å²) in [5.74, 6) is -3.38. The smallest absolute Gasteiger partial charge is 0.161 e. The lowest BCUT2D eigenvalue weighted by Gasteiger charge is -2.01. The molecule has 0 aromatic heterocycles. The fourth-order valence-corrected chi connectivity index (χ4v) is 7.46. The minimum Gasteiger partial charge on any atom is -0.207 e. The molecule has 0 aliphatic rings. The Morgan fingerprint density at radius 2 is 0.474 bits per heavy atom. The Balaban J connectivity index is 0.000000446. The van der Waals surface area contributed by atoms with Gasteiger partial charge in [0, 0.05) is 31.2 Å². The molecule has 420 valence electrons. The van der Waals surface area contributed by atoms with Crippen molar-refractivity contribution >= 4 is 69.6 Å². The summed E-state index contributed by atoms with van der Waals surface area (Å²) in [4.78, 5) is 0. The van der Waals surface area contributed by atoms with E-state index in [2.05, 4.69) is 6.07 Å². The van der Waals surface area contributed by atoms with Gasteiger partial charge in [-0.2, -0.15) is 0 Å². The topological polar surface area (TPSA) is 0 Å². The highest BCUT2D eigenvalue weighted by atomic mass is 35.5. The summed E-state index contributed by atoms with van der Waals surface area (Å²) in [6.45, 7) is 28.1. The molecule has 78 heavy (non-hydrogen) atoms. The average Bonchev–Trinajstić information content (AvgIpc) is 3.37. The van der Waals surface area contributed by atoms with Crippen molar-refractivity contribution in [1.82, 2.24) is 0 Å². The first-order chi connectivity index (χ1) is 36.1. The van der Waals surface area contributed by atoms with Gasteiger partial charge in [-0.3, -0.25) is 0 Å². The van der Waals surface area contributed by atoms with E-state index >= 15 is 0 Å². The highest BCUT2D eigenvalue weighted by molar-refractivity contribution is 6.36. The minimum absolute atomic E-state index is 0.0885. The van der Waals surface area contributed by atoms with E-state index in [1.54, 1.807) is 97.0 Å². The third kappa shape index (κ3) is 24.1. The van der Waals surface area contributed by atoms with Gasteiger partial charge in [0.1, 0.15) is 34.9 Å². The van der Waals surface area contributed by atoms with Gasteiger partial charge in [0.2, 0.25) is 0 Å². The second-order valence-electron chi connectivity index (χ2n) is 18.5. The largest absolute Gasteiger partial charge is 0.207 e. The third-order valence-electron chi connectivity index (χ3n) is 11.3. The van der Waals surface area contributed by atoms with Gasteiger partial charge in [-0.25, -0.2) is 35.1 Å². The predicted molar refractivity (Wildman–Crippen MR) is 317 cm³/mol. The lowest BCUT2D eigenvalue weighted by Crippen LogP contribution is -1.91. The monoisotopic (exact) mass is 1200 g/mol. The van der Waals surface area contributed by atoms with E-state index in [0.29, 0.717) is 44.0 Å². The van der Waals surface area contributed by atoms with Gasteiger partial charge in [0.15, 0.2) is 11.6 Å². The van der Waals surface area contributed by atoms with Gasteiger partial charge in [-0.15, -0.1) is 0 Å². The van der Waals surface area contributed by atoms with Crippen molar-refractivity contribution in [3.05, 3.63) is 275 Å². The van der Waals surface area contributed by atoms with E-state index in [4.69, 9.17) is 69.6 Å². The molecular weight excluding hydrogens is 1130 g/mol. The quantitative estimate of drug-likeness (QED) is 0.133. The first-order valence-electron chi connectivity index (χ1n) is 24.1. The van der Waals surface area contributed by atoms with E-state index in [1.807, 2.05) is 71.9 Å². The number of benzene rings is 8. The average molecular weight is 1200 g/mol. The summed E-state index contributed by atoms with van der Waals surface area (Å²) >= 11 is 34.4. The molecule has 0 N–H and O–H groups in total. The number of hydrogen-bond donors (Lipinski definition) is 0. The summed E-state index contributed by atoms with van der Waals surface area (Å²) < 4.78 is 101. The molecule has 0 atom stereocenters. The molecule has 0 spiro atoms. The van der Waals surface area contributed by atoms with Gasteiger partial charge < -0.3 is 0 Å². The molecule has 0 heterocycles. The maximum Gasteiger partial charge on any atom is 0.161 e. The van der Waals surface area contributed by atoms with Gasteiger partial charge in [0.25, 0.3) is 0 Å². The molecule has 0 amide bonds. The van der Waals surface area contributed by atoms with Crippen LogP contribution in [-0.2, 0) is 0 Å². The van der Waals surface area contributed by atoms with Crippen molar-refractivity contribution in [3.8, 4) is 0 Å². The number of halogens is 14. The molecule has 0 saturated heterocycles. The van der Waals surface area contributed by atoms with Crippen LogP contribution >= 0.6 is 69.6 Å². The van der Waals surface area contributed by atoms with E-state index < -0.39 is 23.3 Å². The Labute approximate surface area is 487 Å². The summed E-state index contributed by atoms with van der Waals surface area (Å²) in [6.07, 6.45) is 0. The van der Waals surface area contributed by atoms with Crippen molar-refractivity contribution in [2.45, 2.75) is 111 Å². The molecule has 0 radical (unpaired) electrons. The van der Waals surface area contributed by atoms with Crippen LogP contribution in [0.2, 0.25) is 30.1 Å². The van der Waals surface area contributed by atoms with Crippen molar-refractivity contribution in [2.24, 2.45) is 0 Å². The molecule has 0 aliphatic heterocycles. The molecule has 0 bridgehead atoms. The first kappa shape index (κ1) is 71.0. The number of aryl methyl sites for hydroxylation is 13. The zero-order valence-electron chi connectivity index (χ0n) is 46.7. The van der Waals surface area contributed by atoms with Crippen molar-refractivity contribution in [1.29, 1.82) is 0 Å². The maximum atomic E-state index is 12.9. The van der Waals surface area contributed by atoms with E-state index in [0.717, 1.165) is 54.0 Å². The molecule has 0 unspecified atom stereocenters. The lowest BCUT2D eigenvalue weighted by molar-refractivity contribution is 0.497. The van der Waals surface area contributed by atoms with Crippen LogP contribution in [-0.4, -0.2) is 0 Å². The van der Waals surface area contributed by atoms with Crippen LogP contribution in [0.3, 0.4) is 0 Å². The first-order valence-corrected chi connectivity index (χ1v) is 26.3. The standard InChI is InChI=1S/C8H8Cl2.3C8H8ClF.C8H9Cl.2C8H8F2.C8H9F/c2*1-5-3-7(9)6(2)8(10)4-5;2*1-5-3-4-6(2)8(10)7(5)9;1-6-3-4-7(2)8(9)5-6;1-5-3-7(9)6(2)8(10)4-5;1-5-3-4-6(2)8(10)7(5)9;1-6-3-4-7(2)8(9)5-6/h4*3-4H,1-2H3;3-5H,1-2H3;2*3-4H,1-2H3;3-5H,1-2H3. The third-order valence-corrected chi connectivity index (χ3v) is 13.8. The number of hydrogen-bond acceptors (Lipinski definition) is 0. The molecule has 8 aromatic carbocycles. The predicted octanol–water partition coefficient (Wildman–Crippen LogP) is 23.5. The summed E-state index contributed by atoms with van der Waals surface area (Å²) in [7, 11) is 0. The van der Waals surface area contributed by atoms with E-state index in [-0.39, 0.29) is 38.9 Å². The maximum absolute atomic E-state index is 12.9. The fraction of sp³-hybridized carbons (Fsp3) is 0.250. The van der Waals surface area contributed by atoms with Crippen LogP contribution in [0, 0.1) is 157 Å². The SMILES string of the molecule is Cc1cc(Cl)c(C)c(Cl)c1.Cc1cc(F)c(C)c(Cl)c1.Cc1cc(F)c(C)c(F)c1.Cc1ccc(C)c(Cl)c1.Cc1ccc(C)c(Cl)c1F.Cc1ccc(C)c(Cl)c1F.Cc1ccc(C)c(F)c1.Cc1ccc(C)c(F)c1F.